The third-order valence-corrected chi connectivity index (χ3v) is 0. The minimum Gasteiger partial charge on any atom is -0.308 e. The van der Waals surface area contributed by atoms with E-state index < -0.39 is 9.63 Å². The Morgan fingerprint density at radius 3 is 1.33 bits per heavy atom. The number of hydrogen-bond acceptors (Lipinski definition) is 1. The molecule has 0 heterocycles. The van der Waals surface area contributed by atoms with Crippen molar-refractivity contribution in [1.82, 2.24) is 0 Å². The molecule has 0 aliphatic heterocycles. The van der Waals surface area contributed by atoms with Crippen LogP contribution in [0.15, 0.2) is 0 Å². The van der Waals surface area contributed by atoms with Gasteiger partial charge in [-0.2, -0.15) is 0 Å². The van der Waals surface area contributed by atoms with Crippen molar-refractivity contribution in [2.75, 3.05) is 12.5 Å². The van der Waals surface area contributed by atoms with E-state index in [4.69, 9.17) is 9.11 Å². The predicted molar refractivity (Wildman–Crippen MR) is 25.2 cm³/mol. The van der Waals surface area contributed by atoms with Crippen molar-refractivity contribution in [3.05, 3.63) is 0 Å². The van der Waals surface area contributed by atoms with Crippen LogP contribution in [0.4, 0.5) is 0 Å². The fourth-order valence-corrected chi connectivity index (χ4v) is 0. The highest BCUT2D eigenvalue weighted by molar-refractivity contribution is 8.08. The van der Waals surface area contributed by atoms with Crippen LogP contribution < -0.4 is 0 Å². The van der Waals surface area contributed by atoms with Crippen molar-refractivity contribution in [3.8, 4) is 0 Å². The van der Waals surface area contributed by atoms with Crippen molar-refractivity contribution in [1.29, 1.82) is 0 Å². The first kappa shape index (κ1) is 6.07. The van der Waals surface area contributed by atoms with Crippen molar-refractivity contribution >= 4 is 9.63 Å². The second kappa shape index (κ2) is 0.828. The highest BCUT2D eigenvalue weighted by Crippen LogP contribution is 2.00. The molecule has 0 spiro atoms. The summed E-state index contributed by atoms with van der Waals surface area (Å²) in [5.74, 6) is 0. The summed E-state index contributed by atoms with van der Waals surface area (Å²) in [5.41, 5.74) is 0. The van der Waals surface area contributed by atoms with Crippen LogP contribution in [-0.2, 0) is 9.63 Å². The average Bonchev–Trinajstić information content (AvgIpc) is 0.650. The lowest BCUT2D eigenvalue weighted by Gasteiger charge is -2.16. The lowest BCUT2D eigenvalue weighted by molar-refractivity contribution is 0.407. The average molecular weight is 112 g/mol. The summed E-state index contributed by atoms with van der Waals surface area (Å²) in [6.07, 6.45) is 1.74. The lowest BCUT2D eigenvalue weighted by atomic mass is 11.9. The third kappa shape index (κ3) is 7830. The highest BCUT2D eigenvalue weighted by Gasteiger charge is 2.10. The van der Waals surface area contributed by atoms with E-state index in [-0.39, 0.29) is 0 Å². The third-order valence-electron chi connectivity index (χ3n) is 0. The van der Waals surface area contributed by atoms with Gasteiger partial charge < -0.3 is 9.11 Å². The zero-order valence-electron chi connectivity index (χ0n) is 3.71. The van der Waals surface area contributed by atoms with E-state index in [0.29, 0.717) is 0 Å². The maximum Gasteiger partial charge on any atom is 0.0770 e. The van der Waals surface area contributed by atoms with E-state index >= 15 is 0 Å². The van der Waals surface area contributed by atoms with Gasteiger partial charge in [-0.15, -0.1) is 0 Å². The normalized spacial score (nSPS) is 19.0. The molecule has 0 aromatic heterocycles. The standard InChI is InChI=1S/C2H8O3S/c1-6(2,3,4)5/h1-2H3,(H2,3,4,5). The number of hydrogen-bond donors (Lipinski definition) is 2. The Labute approximate surface area is 36.4 Å². The van der Waals surface area contributed by atoms with Crippen molar-refractivity contribution in [2.24, 2.45) is 0 Å². The van der Waals surface area contributed by atoms with Gasteiger partial charge in [-0.1, -0.05) is 0 Å². The van der Waals surface area contributed by atoms with Gasteiger partial charge in [0.15, 0.2) is 0 Å². The van der Waals surface area contributed by atoms with Crippen LogP contribution in [0.2, 0.25) is 0 Å². The maximum atomic E-state index is 9.90. The molecule has 0 saturated heterocycles. The minimum atomic E-state index is -4.10. The second-order valence-electron chi connectivity index (χ2n) is 1.70. The Morgan fingerprint density at radius 1 is 1.33 bits per heavy atom. The van der Waals surface area contributed by atoms with Gasteiger partial charge >= 0.3 is 0 Å². The zero-order valence-corrected chi connectivity index (χ0v) is 4.53. The van der Waals surface area contributed by atoms with Gasteiger partial charge in [0.2, 0.25) is 0 Å². The Morgan fingerprint density at radius 2 is 1.33 bits per heavy atom. The van der Waals surface area contributed by atoms with Gasteiger partial charge in [0, 0.05) is 12.5 Å². The van der Waals surface area contributed by atoms with Gasteiger partial charge in [-0.25, -0.2) is 4.21 Å². The zero-order chi connectivity index (χ0) is 5.45. The fourth-order valence-electron chi connectivity index (χ4n) is 0. The summed E-state index contributed by atoms with van der Waals surface area (Å²) >= 11 is 0. The fraction of sp³-hybridized carbons (Fsp3) is 1.00. The summed E-state index contributed by atoms with van der Waals surface area (Å²) in [6, 6.07) is 0. The molecule has 0 fully saturated rings. The summed E-state index contributed by atoms with van der Waals surface area (Å²) in [7, 11) is -4.10. The molecule has 0 aromatic carbocycles. The Hall–Kier alpha value is 0.0700. The first-order valence-electron chi connectivity index (χ1n) is 1.35. The quantitative estimate of drug-likeness (QED) is 0.464. The molecular weight excluding hydrogens is 104 g/mol. The van der Waals surface area contributed by atoms with Crippen LogP contribution in [0.3, 0.4) is 0 Å². The molecule has 40 valence electrons. The Kier molecular flexibility index (Phi) is 0.838. The molecule has 2 N–H and O–H groups in total. The molecule has 0 aromatic rings. The smallest absolute Gasteiger partial charge is 0.0770 e. The van der Waals surface area contributed by atoms with E-state index in [1.54, 1.807) is 0 Å². The van der Waals surface area contributed by atoms with E-state index in [1.165, 1.54) is 0 Å². The lowest BCUT2D eigenvalue weighted by Crippen LogP contribution is -2.25. The molecule has 6 heavy (non-hydrogen) atoms. The molecule has 0 unspecified atom stereocenters. The molecule has 0 aliphatic carbocycles. The van der Waals surface area contributed by atoms with Crippen LogP contribution in [0.1, 0.15) is 0 Å². The van der Waals surface area contributed by atoms with Crippen LogP contribution in [0.5, 0.6) is 0 Å². The molecule has 0 rings (SSSR count). The topological polar surface area (TPSA) is 57.5 Å². The van der Waals surface area contributed by atoms with E-state index in [0.717, 1.165) is 12.5 Å². The number of rotatable bonds is 0. The SMILES string of the molecule is CS(C)(=O)(O)O. The Bertz CT molecular complexity index is 86.5. The first-order valence-corrected chi connectivity index (χ1v) is 4.04. The van der Waals surface area contributed by atoms with E-state index in [2.05, 4.69) is 0 Å². The molecular formula is C2H8O3S. The van der Waals surface area contributed by atoms with E-state index in [9.17, 15) is 4.21 Å². The van der Waals surface area contributed by atoms with Gasteiger partial charge in [-0.05, 0) is 0 Å². The largest absolute Gasteiger partial charge is 0.308 e. The highest BCUT2D eigenvalue weighted by atomic mass is 32.3. The van der Waals surface area contributed by atoms with E-state index in [1.807, 2.05) is 0 Å². The monoisotopic (exact) mass is 112 g/mol. The van der Waals surface area contributed by atoms with Crippen molar-refractivity contribution in [2.45, 2.75) is 0 Å². The summed E-state index contributed by atoms with van der Waals surface area (Å²) in [5, 5.41) is 0. The summed E-state index contributed by atoms with van der Waals surface area (Å²) in [6.45, 7) is 0. The first-order chi connectivity index (χ1) is 2.24. The van der Waals surface area contributed by atoms with Gasteiger partial charge in [0.25, 0.3) is 0 Å². The minimum absolute atomic E-state index is 0.872. The van der Waals surface area contributed by atoms with Crippen molar-refractivity contribution in [3.63, 3.8) is 0 Å². The Balaban J connectivity index is 4.16. The predicted octanol–water partition coefficient (Wildman–Crippen LogP) is 0.0121. The molecule has 0 radical (unpaired) electrons. The molecule has 0 atom stereocenters. The van der Waals surface area contributed by atoms with Gasteiger partial charge in [0.1, 0.15) is 0 Å². The van der Waals surface area contributed by atoms with Crippen LogP contribution >= 0.6 is 0 Å². The molecule has 0 saturated carbocycles. The molecule has 3 nitrogen and oxygen atoms in total. The second-order valence-corrected chi connectivity index (χ2v) is 5.11. The van der Waals surface area contributed by atoms with Crippen molar-refractivity contribution < 1.29 is 13.3 Å². The summed E-state index contributed by atoms with van der Waals surface area (Å²) in [4.78, 5) is 0. The molecule has 0 bridgehead atoms. The molecule has 4 heteroatoms. The van der Waals surface area contributed by atoms with Crippen LogP contribution in [0, 0.1) is 0 Å². The van der Waals surface area contributed by atoms with Crippen LogP contribution in [0.25, 0.3) is 0 Å². The van der Waals surface area contributed by atoms with Gasteiger partial charge in [0.05, 0.1) is 9.63 Å². The maximum absolute atomic E-state index is 9.90. The molecule has 0 amide bonds. The molecule has 0 aliphatic rings. The summed E-state index contributed by atoms with van der Waals surface area (Å²) < 4.78 is 26.1. The van der Waals surface area contributed by atoms with Crippen LogP contribution in [-0.4, -0.2) is 25.8 Å². The van der Waals surface area contributed by atoms with Gasteiger partial charge in [-0.3, -0.25) is 0 Å².